The van der Waals surface area contributed by atoms with E-state index in [2.05, 4.69) is 44.7 Å². The maximum Gasteiger partial charge on any atom is 0.307 e. The zero-order valence-electron chi connectivity index (χ0n) is 12.7. The summed E-state index contributed by atoms with van der Waals surface area (Å²) in [4.78, 5) is 13.2. The van der Waals surface area contributed by atoms with Crippen molar-refractivity contribution in [3.8, 4) is 0 Å². The van der Waals surface area contributed by atoms with Crippen LogP contribution in [0.4, 0.5) is 0 Å². The molecule has 0 spiro atoms. The number of hydrogen-bond acceptors (Lipinski definition) is 2. The number of carboxylic acids is 1. The molecular weight excluding hydrogens is 238 g/mol. The molecule has 3 nitrogen and oxygen atoms in total. The molecule has 0 heterocycles. The van der Waals surface area contributed by atoms with Crippen LogP contribution >= 0.6 is 0 Å². The molecule has 0 fully saturated rings. The van der Waals surface area contributed by atoms with Crippen molar-refractivity contribution in [3.05, 3.63) is 34.4 Å². The molecule has 1 unspecified atom stereocenters. The predicted molar refractivity (Wildman–Crippen MR) is 78.4 cm³/mol. The lowest BCUT2D eigenvalue weighted by Gasteiger charge is -2.24. The first-order valence-electron chi connectivity index (χ1n) is 6.87. The molecule has 1 rings (SSSR count). The van der Waals surface area contributed by atoms with E-state index in [0.29, 0.717) is 6.54 Å². The van der Waals surface area contributed by atoms with Gasteiger partial charge in [0, 0.05) is 13.1 Å². The lowest BCUT2D eigenvalue weighted by atomic mass is 9.99. The highest BCUT2D eigenvalue weighted by atomic mass is 16.4. The molecule has 0 amide bonds. The van der Waals surface area contributed by atoms with Gasteiger partial charge in [-0.1, -0.05) is 31.5 Å². The number of hydrogen-bond donors (Lipinski definition) is 1. The number of carbonyl (C=O) groups is 1. The molecule has 3 heteroatoms. The Labute approximate surface area is 116 Å². The van der Waals surface area contributed by atoms with Gasteiger partial charge in [-0.15, -0.1) is 0 Å². The summed E-state index contributed by atoms with van der Waals surface area (Å²) in [7, 11) is 0. The molecule has 19 heavy (non-hydrogen) atoms. The van der Waals surface area contributed by atoms with Crippen LogP contribution in [0.3, 0.4) is 0 Å². The van der Waals surface area contributed by atoms with Gasteiger partial charge in [0.15, 0.2) is 0 Å². The van der Waals surface area contributed by atoms with E-state index in [4.69, 9.17) is 5.11 Å². The van der Waals surface area contributed by atoms with Gasteiger partial charge in [0.2, 0.25) is 0 Å². The standard InChI is InChI=1S/C16H25NO2/c1-6-17(9-14(5)16(18)19)10-15-12(3)7-11(2)8-13(15)4/h7-8,14H,6,9-10H2,1-5H3,(H,18,19). The van der Waals surface area contributed by atoms with Gasteiger partial charge >= 0.3 is 5.97 Å². The van der Waals surface area contributed by atoms with Crippen molar-refractivity contribution in [1.82, 2.24) is 4.90 Å². The van der Waals surface area contributed by atoms with Crippen LogP contribution in [0.15, 0.2) is 12.1 Å². The predicted octanol–water partition coefficient (Wildman–Crippen LogP) is 3.15. The molecule has 106 valence electrons. The Kier molecular flexibility index (Phi) is 5.55. The molecular formula is C16H25NO2. The number of aryl methyl sites for hydroxylation is 3. The third-order valence-electron chi connectivity index (χ3n) is 3.62. The average Bonchev–Trinajstić information content (AvgIpc) is 2.31. The molecule has 0 aliphatic carbocycles. The smallest absolute Gasteiger partial charge is 0.307 e. The van der Waals surface area contributed by atoms with Gasteiger partial charge in [0.25, 0.3) is 0 Å². The third-order valence-corrected chi connectivity index (χ3v) is 3.62. The van der Waals surface area contributed by atoms with E-state index < -0.39 is 5.97 Å². The lowest BCUT2D eigenvalue weighted by Crippen LogP contribution is -2.31. The van der Waals surface area contributed by atoms with Crippen LogP contribution in [0.5, 0.6) is 0 Å². The fourth-order valence-electron chi connectivity index (χ4n) is 2.45. The summed E-state index contributed by atoms with van der Waals surface area (Å²) in [5.41, 5.74) is 5.18. The van der Waals surface area contributed by atoms with Crippen molar-refractivity contribution in [1.29, 1.82) is 0 Å². The van der Waals surface area contributed by atoms with E-state index in [1.165, 1.54) is 22.3 Å². The second-order valence-electron chi connectivity index (χ2n) is 5.44. The molecule has 0 aromatic heterocycles. The molecule has 1 N–H and O–H groups in total. The third kappa shape index (κ3) is 4.35. The van der Waals surface area contributed by atoms with Crippen molar-refractivity contribution in [2.75, 3.05) is 13.1 Å². The van der Waals surface area contributed by atoms with Crippen molar-refractivity contribution in [3.63, 3.8) is 0 Å². The van der Waals surface area contributed by atoms with E-state index >= 15 is 0 Å². The van der Waals surface area contributed by atoms with Gasteiger partial charge in [-0.25, -0.2) is 0 Å². The summed E-state index contributed by atoms with van der Waals surface area (Å²) < 4.78 is 0. The fraction of sp³-hybridized carbons (Fsp3) is 0.562. The Balaban J connectivity index is 2.84. The second-order valence-corrected chi connectivity index (χ2v) is 5.44. The summed E-state index contributed by atoms with van der Waals surface area (Å²) in [6.07, 6.45) is 0. The van der Waals surface area contributed by atoms with Crippen molar-refractivity contribution in [2.24, 2.45) is 5.92 Å². The zero-order chi connectivity index (χ0) is 14.6. The summed E-state index contributed by atoms with van der Waals surface area (Å²) >= 11 is 0. The van der Waals surface area contributed by atoms with Crippen molar-refractivity contribution in [2.45, 2.75) is 41.2 Å². The van der Waals surface area contributed by atoms with E-state index in [1.54, 1.807) is 6.92 Å². The second kappa shape index (κ2) is 6.71. The maximum absolute atomic E-state index is 11.0. The van der Waals surface area contributed by atoms with Crippen LogP contribution in [-0.4, -0.2) is 29.1 Å². The minimum atomic E-state index is -0.726. The highest BCUT2D eigenvalue weighted by Crippen LogP contribution is 2.19. The van der Waals surface area contributed by atoms with Gasteiger partial charge in [-0.05, 0) is 44.0 Å². The van der Waals surface area contributed by atoms with Gasteiger partial charge in [0.1, 0.15) is 0 Å². The van der Waals surface area contributed by atoms with E-state index in [0.717, 1.165) is 13.1 Å². The molecule has 0 bridgehead atoms. The summed E-state index contributed by atoms with van der Waals surface area (Å²) in [5, 5.41) is 9.01. The molecule has 0 aliphatic rings. The summed E-state index contributed by atoms with van der Waals surface area (Å²) in [6, 6.07) is 4.38. The summed E-state index contributed by atoms with van der Waals surface area (Å²) in [5.74, 6) is -1.05. The Morgan fingerprint density at radius 3 is 2.21 bits per heavy atom. The molecule has 0 radical (unpaired) electrons. The minimum absolute atomic E-state index is 0.328. The quantitative estimate of drug-likeness (QED) is 0.857. The monoisotopic (exact) mass is 263 g/mol. The van der Waals surface area contributed by atoms with Gasteiger partial charge in [-0.3, -0.25) is 9.69 Å². The molecule has 0 saturated carbocycles. The minimum Gasteiger partial charge on any atom is -0.481 e. The molecule has 1 atom stereocenters. The van der Waals surface area contributed by atoms with E-state index in [9.17, 15) is 4.79 Å². The Morgan fingerprint density at radius 2 is 1.79 bits per heavy atom. The van der Waals surface area contributed by atoms with Gasteiger partial charge in [-0.2, -0.15) is 0 Å². The molecule has 0 saturated heterocycles. The number of aliphatic carboxylic acids is 1. The van der Waals surface area contributed by atoms with Crippen LogP contribution in [0, 0.1) is 26.7 Å². The maximum atomic E-state index is 11.0. The number of nitrogens with zero attached hydrogens (tertiary/aromatic N) is 1. The Bertz CT molecular complexity index is 431. The number of carboxylic acid groups (broad SMARTS) is 1. The van der Waals surface area contributed by atoms with Crippen molar-refractivity contribution < 1.29 is 9.90 Å². The summed E-state index contributed by atoms with van der Waals surface area (Å²) in [6.45, 7) is 12.5. The average molecular weight is 263 g/mol. The number of benzene rings is 1. The lowest BCUT2D eigenvalue weighted by molar-refractivity contribution is -0.141. The Morgan fingerprint density at radius 1 is 1.26 bits per heavy atom. The largest absolute Gasteiger partial charge is 0.481 e. The highest BCUT2D eigenvalue weighted by molar-refractivity contribution is 5.69. The fourth-order valence-corrected chi connectivity index (χ4v) is 2.45. The van der Waals surface area contributed by atoms with E-state index in [1.807, 2.05) is 0 Å². The first-order chi connectivity index (χ1) is 8.85. The van der Waals surface area contributed by atoms with Gasteiger partial charge < -0.3 is 5.11 Å². The van der Waals surface area contributed by atoms with Gasteiger partial charge in [0.05, 0.1) is 5.92 Å². The van der Waals surface area contributed by atoms with Crippen LogP contribution < -0.4 is 0 Å². The van der Waals surface area contributed by atoms with Crippen LogP contribution in [0.2, 0.25) is 0 Å². The normalized spacial score (nSPS) is 12.7. The van der Waals surface area contributed by atoms with Crippen LogP contribution in [0.1, 0.15) is 36.1 Å². The first kappa shape index (κ1) is 15.7. The molecule has 1 aromatic carbocycles. The SMILES string of the molecule is CCN(Cc1c(C)cc(C)cc1C)CC(C)C(=O)O. The number of rotatable bonds is 6. The zero-order valence-corrected chi connectivity index (χ0v) is 12.7. The van der Waals surface area contributed by atoms with Crippen LogP contribution in [-0.2, 0) is 11.3 Å². The topological polar surface area (TPSA) is 40.5 Å². The first-order valence-corrected chi connectivity index (χ1v) is 6.87. The van der Waals surface area contributed by atoms with Crippen LogP contribution in [0.25, 0.3) is 0 Å². The van der Waals surface area contributed by atoms with E-state index in [-0.39, 0.29) is 5.92 Å². The highest BCUT2D eigenvalue weighted by Gasteiger charge is 2.16. The van der Waals surface area contributed by atoms with Crippen molar-refractivity contribution >= 4 is 5.97 Å². The molecule has 0 aliphatic heterocycles. The molecule has 1 aromatic rings. The Hall–Kier alpha value is -1.35.